The molecule has 5 nitrogen and oxygen atoms in total. The smallest absolute Gasteiger partial charge is 0.193 e. The highest BCUT2D eigenvalue weighted by molar-refractivity contribution is 7.12. The first-order valence-electron chi connectivity index (χ1n) is 10.2. The molecule has 1 aromatic carbocycles. The maximum atomic E-state index is 13.1. The number of ether oxygens (including phenoxy) is 1. The molecule has 152 valence electrons. The molecule has 1 aliphatic heterocycles. The number of carbonyl (C=O) groups is 1. The second kappa shape index (κ2) is 8.93. The van der Waals surface area contributed by atoms with Crippen molar-refractivity contribution in [1.82, 2.24) is 14.5 Å². The lowest BCUT2D eigenvalue weighted by Gasteiger charge is -2.32. The van der Waals surface area contributed by atoms with Gasteiger partial charge in [0.25, 0.3) is 0 Å². The van der Waals surface area contributed by atoms with Crippen LogP contribution < -0.4 is 4.74 Å². The number of likely N-dealkylation sites (tertiary alicyclic amines) is 1. The third-order valence-corrected chi connectivity index (χ3v) is 5.98. The van der Waals surface area contributed by atoms with E-state index in [1.54, 1.807) is 11.3 Å². The molecule has 1 saturated heterocycles. The Hall–Kier alpha value is -2.44. The third kappa shape index (κ3) is 4.77. The van der Waals surface area contributed by atoms with Crippen molar-refractivity contribution in [2.24, 2.45) is 5.92 Å². The molecule has 0 radical (unpaired) electrons. The average molecular weight is 410 g/mol. The van der Waals surface area contributed by atoms with E-state index >= 15 is 0 Å². The Morgan fingerprint density at radius 1 is 1.31 bits per heavy atom. The van der Waals surface area contributed by atoms with Gasteiger partial charge in [0.1, 0.15) is 5.75 Å². The number of ketones is 1. The van der Waals surface area contributed by atoms with E-state index < -0.39 is 0 Å². The number of thiazole rings is 1. The standard InChI is InChI=1S/C23H27N3O2S/c1-17(2)28-21-9-3-6-18(14-21)22(27)19-7-4-11-25(15-19)16-20-8-5-12-26(20)23-24-10-13-29-23/h3,5-6,8-10,12-14,17,19H,4,7,11,15-16H2,1-2H3. The third-order valence-electron chi connectivity index (χ3n) is 5.21. The minimum absolute atomic E-state index is 0.0290. The minimum Gasteiger partial charge on any atom is -0.491 e. The van der Waals surface area contributed by atoms with E-state index in [1.165, 1.54) is 5.69 Å². The molecular formula is C23H27N3O2S. The Balaban J connectivity index is 1.44. The van der Waals surface area contributed by atoms with E-state index in [9.17, 15) is 4.79 Å². The van der Waals surface area contributed by atoms with Crippen molar-refractivity contribution >= 4 is 17.1 Å². The number of aromatic nitrogens is 2. The molecule has 0 aliphatic carbocycles. The van der Waals surface area contributed by atoms with Crippen LogP contribution >= 0.6 is 11.3 Å². The number of hydrogen-bond acceptors (Lipinski definition) is 5. The first-order chi connectivity index (χ1) is 14.1. The van der Waals surface area contributed by atoms with Gasteiger partial charge in [0.05, 0.1) is 6.10 Å². The van der Waals surface area contributed by atoms with Crippen molar-refractivity contribution in [3.05, 3.63) is 65.4 Å². The zero-order valence-electron chi connectivity index (χ0n) is 17.0. The monoisotopic (exact) mass is 409 g/mol. The van der Waals surface area contributed by atoms with Crippen LogP contribution in [0.15, 0.2) is 54.2 Å². The van der Waals surface area contributed by atoms with Crippen molar-refractivity contribution in [2.75, 3.05) is 13.1 Å². The van der Waals surface area contributed by atoms with Gasteiger partial charge in [-0.3, -0.25) is 14.3 Å². The Labute approximate surface area is 176 Å². The van der Waals surface area contributed by atoms with Crippen molar-refractivity contribution in [3.63, 3.8) is 0 Å². The summed E-state index contributed by atoms with van der Waals surface area (Å²) in [7, 11) is 0. The Bertz CT molecular complexity index is 949. The maximum absolute atomic E-state index is 13.1. The summed E-state index contributed by atoms with van der Waals surface area (Å²) in [6.45, 7) is 6.62. The fourth-order valence-corrected chi connectivity index (χ4v) is 4.60. The van der Waals surface area contributed by atoms with Gasteiger partial charge in [-0.15, -0.1) is 11.3 Å². The summed E-state index contributed by atoms with van der Waals surface area (Å²) < 4.78 is 7.90. The molecule has 1 fully saturated rings. The summed E-state index contributed by atoms with van der Waals surface area (Å²) in [5.74, 6) is 1.01. The lowest BCUT2D eigenvalue weighted by molar-refractivity contribution is 0.0809. The van der Waals surface area contributed by atoms with Gasteiger partial charge >= 0.3 is 0 Å². The van der Waals surface area contributed by atoms with Crippen LogP contribution in [0.3, 0.4) is 0 Å². The van der Waals surface area contributed by atoms with Crippen LogP contribution in [0.2, 0.25) is 0 Å². The van der Waals surface area contributed by atoms with Gasteiger partial charge in [-0.25, -0.2) is 4.98 Å². The number of Topliss-reactive ketones (excluding diaryl/α,β-unsaturated/α-hetero) is 1. The number of benzene rings is 1. The van der Waals surface area contributed by atoms with Crippen LogP contribution in [0.4, 0.5) is 0 Å². The number of piperidine rings is 1. The average Bonchev–Trinajstić information content (AvgIpc) is 3.39. The molecule has 0 amide bonds. The lowest BCUT2D eigenvalue weighted by atomic mass is 9.90. The summed E-state index contributed by atoms with van der Waals surface area (Å²) >= 11 is 1.63. The van der Waals surface area contributed by atoms with Crippen LogP contribution in [-0.2, 0) is 6.54 Å². The lowest BCUT2D eigenvalue weighted by Crippen LogP contribution is -2.38. The molecule has 0 bridgehead atoms. The predicted octanol–water partition coefficient (Wildman–Crippen LogP) is 4.82. The summed E-state index contributed by atoms with van der Waals surface area (Å²) in [5, 5.41) is 2.97. The molecule has 29 heavy (non-hydrogen) atoms. The first kappa shape index (κ1) is 19.9. The second-order valence-electron chi connectivity index (χ2n) is 7.82. The quantitative estimate of drug-likeness (QED) is 0.525. The largest absolute Gasteiger partial charge is 0.491 e. The SMILES string of the molecule is CC(C)Oc1cccc(C(=O)C2CCCN(Cc3cccn3-c3nccs3)C2)c1. The molecule has 0 spiro atoms. The fraction of sp³-hybridized carbons (Fsp3) is 0.391. The van der Waals surface area contributed by atoms with Crippen molar-refractivity contribution in [2.45, 2.75) is 39.3 Å². The van der Waals surface area contributed by atoms with Gasteiger partial charge in [0, 0.05) is 48.0 Å². The molecule has 3 aromatic rings. The summed E-state index contributed by atoms with van der Waals surface area (Å²) in [4.78, 5) is 20.0. The van der Waals surface area contributed by atoms with E-state index in [1.807, 2.05) is 49.7 Å². The van der Waals surface area contributed by atoms with Gasteiger partial charge in [-0.05, 0) is 57.5 Å². The molecule has 2 aromatic heterocycles. The molecule has 1 unspecified atom stereocenters. The van der Waals surface area contributed by atoms with Crippen LogP contribution in [0.5, 0.6) is 5.75 Å². The summed E-state index contributed by atoms with van der Waals surface area (Å²) in [5.41, 5.74) is 1.96. The van der Waals surface area contributed by atoms with E-state index in [0.717, 1.165) is 48.9 Å². The van der Waals surface area contributed by atoms with Gasteiger partial charge in [-0.2, -0.15) is 0 Å². The number of hydrogen-bond donors (Lipinski definition) is 0. The molecular weight excluding hydrogens is 382 g/mol. The molecule has 1 aliphatic rings. The van der Waals surface area contributed by atoms with Crippen LogP contribution in [0.1, 0.15) is 42.7 Å². The Morgan fingerprint density at radius 3 is 3.00 bits per heavy atom. The van der Waals surface area contributed by atoms with E-state index in [-0.39, 0.29) is 17.8 Å². The van der Waals surface area contributed by atoms with Crippen LogP contribution in [0.25, 0.3) is 5.13 Å². The van der Waals surface area contributed by atoms with Crippen molar-refractivity contribution in [1.29, 1.82) is 0 Å². The van der Waals surface area contributed by atoms with Crippen molar-refractivity contribution < 1.29 is 9.53 Å². The van der Waals surface area contributed by atoms with Gasteiger partial charge in [0.2, 0.25) is 0 Å². The Morgan fingerprint density at radius 2 is 2.21 bits per heavy atom. The molecule has 0 N–H and O–H groups in total. The summed E-state index contributed by atoms with van der Waals surface area (Å²) in [6.07, 6.45) is 5.96. The molecule has 0 saturated carbocycles. The number of rotatable bonds is 7. The summed E-state index contributed by atoms with van der Waals surface area (Å²) in [6, 6.07) is 11.8. The number of nitrogens with zero attached hydrogens (tertiary/aromatic N) is 3. The molecule has 3 heterocycles. The van der Waals surface area contributed by atoms with Gasteiger partial charge in [0.15, 0.2) is 10.9 Å². The zero-order chi connectivity index (χ0) is 20.2. The zero-order valence-corrected chi connectivity index (χ0v) is 17.8. The second-order valence-corrected chi connectivity index (χ2v) is 8.69. The minimum atomic E-state index is 0.0290. The normalized spacial score (nSPS) is 17.6. The highest BCUT2D eigenvalue weighted by Gasteiger charge is 2.27. The topological polar surface area (TPSA) is 47.4 Å². The van der Waals surface area contributed by atoms with E-state index in [0.29, 0.717) is 0 Å². The van der Waals surface area contributed by atoms with Crippen molar-refractivity contribution in [3.8, 4) is 10.9 Å². The Kier molecular flexibility index (Phi) is 6.11. The molecule has 1 atom stereocenters. The van der Waals surface area contributed by atoms with E-state index in [4.69, 9.17) is 4.74 Å². The van der Waals surface area contributed by atoms with E-state index in [2.05, 4.69) is 32.8 Å². The highest BCUT2D eigenvalue weighted by Crippen LogP contribution is 2.25. The maximum Gasteiger partial charge on any atom is 0.193 e. The van der Waals surface area contributed by atoms with Gasteiger partial charge < -0.3 is 4.74 Å². The fourth-order valence-electron chi connectivity index (χ4n) is 3.94. The molecule has 4 rings (SSSR count). The molecule has 6 heteroatoms. The van der Waals surface area contributed by atoms with Crippen LogP contribution in [0, 0.1) is 5.92 Å². The highest BCUT2D eigenvalue weighted by atomic mass is 32.1. The van der Waals surface area contributed by atoms with Gasteiger partial charge in [-0.1, -0.05) is 12.1 Å². The first-order valence-corrected chi connectivity index (χ1v) is 11.1. The predicted molar refractivity (Wildman–Crippen MR) is 116 cm³/mol. The number of carbonyl (C=O) groups excluding carboxylic acids is 1. The van der Waals surface area contributed by atoms with Crippen LogP contribution in [-0.4, -0.2) is 39.4 Å².